The number of hydrogen-bond donors (Lipinski definition) is 2. The van der Waals surface area contributed by atoms with Crippen LogP contribution < -0.4 is 9.62 Å². The summed E-state index contributed by atoms with van der Waals surface area (Å²) in [7, 11) is 1.68. The zero-order chi connectivity index (χ0) is 22.5. The summed E-state index contributed by atoms with van der Waals surface area (Å²) >= 11 is 1.73. The highest BCUT2D eigenvalue weighted by molar-refractivity contribution is 8.00. The summed E-state index contributed by atoms with van der Waals surface area (Å²) in [6.45, 7) is 6.05. The van der Waals surface area contributed by atoms with Crippen LogP contribution in [0, 0.1) is 0 Å². The van der Waals surface area contributed by atoms with Crippen LogP contribution in [0.4, 0.5) is 11.4 Å². The number of carbonyl (C=O) groups is 1. The van der Waals surface area contributed by atoms with E-state index in [2.05, 4.69) is 19.3 Å². The van der Waals surface area contributed by atoms with Crippen LogP contribution in [-0.2, 0) is 9.47 Å². The van der Waals surface area contributed by atoms with Gasteiger partial charge in [0, 0.05) is 49.1 Å². The van der Waals surface area contributed by atoms with Crippen molar-refractivity contribution >= 4 is 40.3 Å². The number of nitrogens with zero attached hydrogens (tertiary/aromatic N) is 2. The number of rotatable bonds is 4. The van der Waals surface area contributed by atoms with E-state index in [-0.39, 0.29) is 12.5 Å². The molecule has 3 aromatic rings. The topological polar surface area (TPSA) is 97.1 Å². The molecule has 31 heavy (non-hydrogen) atoms. The molecular weight excluding hydrogens is 418 g/mol. The van der Waals surface area contributed by atoms with Gasteiger partial charge < -0.3 is 24.3 Å². The third-order valence-corrected chi connectivity index (χ3v) is 4.96. The van der Waals surface area contributed by atoms with Crippen LogP contribution >= 0.6 is 11.9 Å². The Morgan fingerprint density at radius 3 is 2.58 bits per heavy atom. The zero-order valence-corrected chi connectivity index (χ0v) is 18.9. The summed E-state index contributed by atoms with van der Waals surface area (Å²) < 4.78 is 17.3. The Hall–Kier alpha value is -2.59. The molecule has 0 bridgehead atoms. The van der Waals surface area contributed by atoms with Crippen LogP contribution in [0.3, 0.4) is 0 Å². The number of fused-ring (bicyclic) bond motifs is 1. The Balaban J connectivity index is 0.000000431. The van der Waals surface area contributed by atoms with E-state index in [1.54, 1.807) is 38.1 Å². The van der Waals surface area contributed by atoms with Crippen molar-refractivity contribution in [3.63, 3.8) is 0 Å². The van der Waals surface area contributed by atoms with Gasteiger partial charge in [0.15, 0.2) is 12.0 Å². The first-order valence-electron chi connectivity index (χ1n) is 9.95. The van der Waals surface area contributed by atoms with Gasteiger partial charge in [-0.1, -0.05) is 0 Å². The molecule has 2 aromatic carbocycles. The lowest BCUT2D eigenvalue weighted by molar-refractivity contribution is 0.102. The number of aliphatic hydroxyl groups excluding tert-OH is 1. The molecular formula is C22H29N3O5S. The van der Waals surface area contributed by atoms with Crippen molar-refractivity contribution in [2.75, 3.05) is 49.0 Å². The SMILES string of the molecule is CCO.CCOC.O=C(Nc1ccc2ncoc2c1)c1ccc(N2COCCS2)cc1. The van der Waals surface area contributed by atoms with Gasteiger partial charge in [0.05, 0.1) is 6.61 Å². The van der Waals surface area contributed by atoms with Crippen LogP contribution in [0.1, 0.15) is 24.2 Å². The Labute approximate surface area is 186 Å². The lowest BCUT2D eigenvalue weighted by Gasteiger charge is -2.27. The van der Waals surface area contributed by atoms with Crippen molar-refractivity contribution in [3.8, 4) is 0 Å². The first kappa shape index (κ1) is 24.7. The van der Waals surface area contributed by atoms with E-state index in [0.717, 1.165) is 30.2 Å². The van der Waals surface area contributed by atoms with Gasteiger partial charge in [0.2, 0.25) is 0 Å². The van der Waals surface area contributed by atoms with Crippen LogP contribution in [0.15, 0.2) is 53.3 Å². The smallest absolute Gasteiger partial charge is 0.255 e. The molecule has 1 fully saturated rings. The fourth-order valence-electron chi connectivity index (χ4n) is 2.46. The number of aromatic nitrogens is 1. The predicted molar refractivity (Wildman–Crippen MR) is 124 cm³/mol. The van der Waals surface area contributed by atoms with Crippen molar-refractivity contribution in [3.05, 3.63) is 54.4 Å². The number of oxazole rings is 1. The molecule has 4 rings (SSSR count). The highest BCUT2D eigenvalue weighted by atomic mass is 32.2. The molecule has 1 aromatic heterocycles. The number of benzene rings is 2. The van der Waals surface area contributed by atoms with E-state index in [9.17, 15) is 4.79 Å². The van der Waals surface area contributed by atoms with Crippen molar-refractivity contribution < 1.29 is 23.8 Å². The normalized spacial score (nSPS) is 13.0. The summed E-state index contributed by atoms with van der Waals surface area (Å²) in [6.07, 6.45) is 1.39. The molecule has 0 aliphatic carbocycles. The van der Waals surface area contributed by atoms with Crippen LogP contribution in [0.5, 0.6) is 0 Å². The third kappa shape index (κ3) is 7.87. The number of hydrogen-bond acceptors (Lipinski definition) is 8. The average molecular weight is 448 g/mol. The summed E-state index contributed by atoms with van der Waals surface area (Å²) in [5.41, 5.74) is 3.70. The summed E-state index contributed by atoms with van der Waals surface area (Å²) in [4.78, 5) is 16.4. The van der Waals surface area contributed by atoms with Crippen molar-refractivity contribution in [2.45, 2.75) is 13.8 Å². The first-order valence-corrected chi connectivity index (χ1v) is 10.9. The Kier molecular flexibility index (Phi) is 10.9. The molecule has 1 aliphatic heterocycles. The fraction of sp³-hybridized carbons (Fsp3) is 0.364. The molecule has 0 spiro atoms. The second-order valence-electron chi connectivity index (χ2n) is 6.18. The van der Waals surface area contributed by atoms with Crippen LogP contribution in [-0.4, -0.2) is 55.4 Å². The van der Waals surface area contributed by atoms with Crippen molar-refractivity contribution in [2.24, 2.45) is 0 Å². The highest BCUT2D eigenvalue weighted by Gasteiger charge is 2.13. The Morgan fingerprint density at radius 1 is 1.26 bits per heavy atom. The van der Waals surface area contributed by atoms with E-state index in [0.29, 0.717) is 23.6 Å². The number of anilines is 2. The minimum Gasteiger partial charge on any atom is -0.443 e. The highest BCUT2D eigenvalue weighted by Crippen LogP contribution is 2.25. The largest absolute Gasteiger partial charge is 0.443 e. The number of aliphatic hydroxyl groups is 1. The Bertz CT molecular complexity index is 909. The predicted octanol–water partition coefficient (Wildman–Crippen LogP) is 4.17. The maximum absolute atomic E-state index is 12.4. The van der Waals surface area contributed by atoms with Gasteiger partial charge in [-0.15, -0.1) is 0 Å². The number of methoxy groups -OCH3 is 1. The molecule has 2 N–H and O–H groups in total. The monoisotopic (exact) mass is 447 g/mol. The van der Waals surface area contributed by atoms with Gasteiger partial charge in [0.25, 0.3) is 5.91 Å². The van der Waals surface area contributed by atoms with E-state index in [4.69, 9.17) is 14.3 Å². The lowest BCUT2D eigenvalue weighted by Crippen LogP contribution is -2.25. The van der Waals surface area contributed by atoms with Gasteiger partial charge in [-0.25, -0.2) is 4.98 Å². The quantitative estimate of drug-likeness (QED) is 0.575. The van der Waals surface area contributed by atoms with Crippen molar-refractivity contribution in [1.29, 1.82) is 0 Å². The summed E-state index contributed by atoms with van der Waals surface area (Å²) in [6, 6.07) is 12.9. The van der Waals surface area contributed by atoms with E-state index in [1.807, 2.05) is 37.3 Å². The number of nitrogens with one attached hydrogen (secondary N) is 1. The summed E-state index contributed by atoms with van der Waals surface area (Å²) in [5, 5.41) is 10.4. The number of ether oxygens (including phenoxy) is 2. The van der Waals surface area contributed by atoms with Gasteiger partial charge in [-0.2, -0.15) is 0 Å². The maximum atomic E-state index is 12.4. The second-order valence-corrected chi connectivity index (χ2v) is 7.29. The molecule has 9 heteroatoms. The minimum absolute atomic E-state index is 0.164. The molecule has 0 saturated carbocycles. The first-order chi connectivity index (χ1) is 15.1. The van der Waals surface area contributed by atoms with Gasteiger partial charge in [0.1, 0.15) is 12.2 Å². The van der Waals surface area contributed by atoms with Gasteiger partial charge in [-0.05, 0) is 62.2 Å². The standard InChI is InChI=1S/C17H15N3O3S.C3H8O.C2H6O/c21-17(19-13-3-6-15-16(9-13)23-10-18-15)12-1-4-14(5-2-12)20-11-22-7-8-24-20;1-3-4-2;1-2-3/h1-6,9-10H,7-8,11H2,(H,19,21);3H2,1-2H3;3H,2H2,1H3. The van der Waals surface area contributed by atoms with Crippen LogP contribution in [0.2, 0.25) is 0 Å². The minimum atomic E-state index is -0.164. The second kappa shape index (κ2) is 13.7. The number of carbonyl (C=O) groups excluding carboxylic acids is 1. The van der Waals surface area contributed by atoms with E-state index in [1.165, 1.54) is 6.39 Å². The molecule has 1 saturated heterocycles. The molecule has 168 valence electrons. The summed E-state index contributed by atoms with van der Waals surface area (Å²) in [5.74, 6) is 0.773. The molecule has 1 amide bonds. The van der Waals surface area contributed by atoms with Crippen molar-refractivity contribution in [1.82, 2.24) is 4.98 Å². The third-order valence-electron chi connectivity index (χ3n) is 3.98. The molecule has 0 radical (unpaired) electrons. The molecule has 2 heterocycles. The fourth-order valence-corrected chi connectivity index (χ4v) is 3.29. The molecule has 8 nitrogen and oxygen atoms in total. The molecule has 1 aliphatic rings. The lowest BCUT2D eigenvalue weighted by atomic mass is 10.2. The van der Waals surface area contributed by atoms with Crippen LogP contribution in [0.25, 0.3) is 11.1 Å². The van der Waals surface area contributed by atoms with Gasteiger partial charge >= 0.3 is 0 Å². The van der Waals surface area contributed by atoms with E-state index < -0.39 is 0 Å². The average Bonchev–Trinajstić information content (AvgIpc) is 3.28. The molecule has 0 atom stereocenters. The number of amides is 1. The maximum Gasteiger partial charge on any atom is 0.255 e. The molecule has 0 unspecified atom stereocenters. The zero-order valence-electron chi connectivity index (χ0n) is 18.0. The Morgan fingerprint density at radius 2 is 1.97 bits per heavy atom. The van der Waals surface area contributed by atoms with Gasteiger partial charge in [-0.3, -0.25) is 9.10 Å². The van der Waals surface area contributed by atoms with E-state index >= 15 is 0 Å².